The molecule has 7 heteroatoms. The Balaban J connectivity index is 1.49. The van der Waals surface area contributed by atoms with E-state index in [1.165, 1.54) is 19.2 Å². The van der Waals surface area contributed by atoms with Gasteiger partial charge >= 0.3 is 0 Å². The number of benzene rings is 3. The molecular formula is C38H42O7. The normalized spacial score (nSPS) is 31.5. The first-order chi connectivity index (χ1) is 21.6. The Morgan fingerprint density at radius 2 is 1.62 bits per heavy atom. The van der Waals surface area contributed by atoms with Crippen molar-refractivity contribution in [1.29, 1.82) is 0 Å². The van der Waals surface area contributed by atoms with Crippen LogP contribution in [0.5, 0.6) is 23.0 Å². The third-order valence-corrected chi connectivity index (χ3v) is 10.9. The number of methoxy groups -OCH3 is 1. The van der Waals surface area contributed by atoms with Crippen molar-refractivity contribution in [2.24, 2.45) is 11.8 Å². The fourth-order valence-electron chi connectivity index (χ4n) is 8.70. The summed E-state index contributed by atoms with van der Waals surface area (Å²) in [4.78, 5) is 14.1. The Morgan fingerprint density at radius 1 is 0.867 bits per heavy atom. The molecular weight excluding hydrogens is 568 g/mol. The molecule has 0 radical (unpaired) electrons. The van der Waals surface area contributed by atoms with Gasteiger partial charge in [-0.1, -0.05) is 61.2 Å². The molecule has 236 valence electrons. The number of carbonyl (C=O) groups excluding carboxylic acids is 1. The van der Waals surface area contributed by atoms with Gasteiger partial charge in [0, 0.05) is 42.4 Å². The third kappa shape index (κ3) is 5.55. The molecule has 6 atom stereocenters. The molecule has 0 amide bonds. The van der Waals surface area contributed by atoms with Crippen molar-refractivity contribution in [2.45, 2.75) is 86.7 Å². The highest BCUT2D eigenvalue weighted by Gasteiger charge is 2.65. The quantitative estimate of drug-likeness (QED) is 0.180. The average Bonchev–Trinajstić information content (AvgIpc) is 3.03. The highest BCUT2D eigenvalue weighted by Crippen LogP contribution is 2.62. The van der Waals surface area contributed by atoms with Crippen molar-refractivity contribution in [1.82, 2.24) is 0 Å². The molecule has 2 fully saturated rings. The van der Waals surface area contributed by atoms with Crippen LogP contribution in [0.1, 0.15) is 80.4 Å². The predicted octanol–water partition coefficient (Wildman–Crippen LogP) is 5.90. The minimum atomic E-state index is -1.42. The highest BCUT2D eigenvalue weighted by molar-refractivity contribution is 5.81. The van der Waals surface area contributed by atoms with Gasteiger partial charge in [0.05, 0.1) is 18.3 Å². The second-order valence-electron chi connectivity index (χ2n) is 13.3. The zero-order valence-electron chi connectivity index (χ0n) is 25.7. The molecule has 0 bridgehead atoms. The van der Waals surface area contributed by atoms with E-state index in [2.05, 4.69) is 11.8 Å². The Morgan fingerprint density at radius 3 is 2.38 bits per heavy atom. The van der Waals surface area contributed by atoms with Gasteiger partial charge in [-0.2, -0.15) is 0 Å². The Bertz CT molecular complexity index is 1620. The fraction of sp³-hybridized carbons (Fsp3) is 0.447. The summed E-state index contributed by atoms with van der Waals surface area (Å²) >= 11 is 0. The first kappa shape index (κ1) is 31.0. The maximum atomic E-state index is 14.1. The summed E-state index contributed by atoms with van der Waals surface area (Å²) in [5.41, 5.74) is -0.968. The maximum absolute atomic E-state index is 14.1. The number of ether oxygens (including phenoxy) is 1. The molecule has 3 aliphatic rings. The zero-order chi connectivity index (χ0) is 31.8. The molecule has 1 unspecified atom stereocenters. The molecule has 3 aliphatic carbocycles. The summed E-state index contributed by atoms with van der Waals surface area (Å²) in [6, 6.07) is 19.9. The van der Waals surface area contributed by atoms with E-state index in [1.807, 2.05) is 36.4 Å². The molecule has 0 spiro atoms. The van der Waals surface area contributed by atoms with Crippen LogP contribution in [0.4, 0.5) is 0 Å². The van der Waals surface area contributed by atoms with Crippen molar-refractivity contribution in [3.63, 3.8) is 0 Å². The van der Waals surface area contributed by atoms with Crippen molar-refractivity contribution in [3.8, 4) is 34.8 Å². The van der Waals surface area contributed by atoms with Gasteiger partial charge in [0.15, 0.2) is 23.0 Å². The van der Waals surface area contributed by atoms with Crippen LogP contribution < -0.4 is 4.74 Å². The van der Waals surface area contributed by atoms with Crippen LogP contribution in [-0.4, -0.2) is 49.6 Å². The lowest BCUT2D eigenvalue weighted by Gasteiger charge is -2.62. The standard InChI is InChI=1S/C38H42O7/c1-45-34-21-27(12-14-32(34)41)30-23-29(39)24-36(43)18-19-37(44)16-5-6-17-38(37,28-13-15-31(40)33(42)22-28)35(36)11-7-10-26(30)20-25-8-3-2-4-9-25/h2-4,8-9,12-15,21-22,26,30,35,40-44H,5-6,11,16-20,23-24H2,1H3/t26-,30-,35?,36+,37+,38-/m0/s1. The van der Waals surface area contributed by atoms with Gasteiger partial charge in [-0.15, -0.1) is 5.92 Å². The first-order valence-corrected chi connectivity index (χ1v) is 16.0. The summed E-state index contributed by atoms with van der Waals surface area (Å²) in [6.45, 7) is 0. The van der Waals surface area contributed by atoms with E-state index < -0.39 is 22.5 Å². The molecule has 7 nitrogen and oxygen atoms in total. The van der Waals surface area contributed by atoms with Gasteiger partial charge < -0.3 is 30.3 Å². The number of fused-ring (bicyclic) bond motifs is 3. The SMILES string of the molecule is COc1cc([C@H]2CC(=O)C[C@]3(O)CC[C@]4(O)CCCC[C@]4(c4ccc(O)c(O)c4)C3CC#C[C@H]2Cc2ccccc2)ccc1O. The van der Waals surface area contributed by atoms with Gasteiger partial charge in [0.2, 0.25) is 0 Å². The zero-order valence-corrected chi connectivity index (χ0v) is 25.7. The summed E-state index contributed by atoms with van der Waals surface area (Å²) in [7, 11) is 1.49. The number of aromatic hydroxyl groups is 3. The molecule has 6 rings (SSSR count). The minimum Gasteiger partial charge on any atom is -0.504 e. The van der Waals surface area contributed by atoms with Gasteiger partial charge in [0.25, 0.3) is 0 Å². The van der Waals surface area contributed by atoms with E-state index in [0.29, 0.717) is 37.0 Å². The lowest BCUT2D eigenvalue weighted by atomic mass is 9.44. The van der Waals surface area contributed by atoms with Crippen molar-refractivity contribution in [3.05, 3.63) is 83.4 Å². The topological polar surface area (TPSA) is 127 Å². The number of aliphatic hydroxyl groups is 2. The van der Waals surface area contributed by atoms with Crippen molar-refractivity contribution in [2.75, 3.05) is 7.11 Å². The second-order valence-corrected chi connectivity index (χ2v) is 13.3. The number of rotatable bonds is 5. The van der Waals surface area contributed by atoms with Gasteiger partial charge in [-0.3, -0.25) is 4.79 Å². The van der Waals surface area contributed by atoms with Crippen LogP contribution in [0.15, 0.2) is 66.7 Å². The predicted molar refractivity (Wildman–Crippen MR) is 170 cm³/mol. The molecule has 3 aromatic rings. The molecule has 0 saturated heterocycles. The number of carbonyl (C=O) groups is 1. The van der Waals surface area contributed by atoms with E-state index in [0.717, 1.165) is 24.0 Å². The largest absolute Gasteiger partial charge is 0.504 e. The number of phenolic OH excluding ortho intramolecular Hbond substituents is 3. The van der Waals surface area contributed by atoms with Crippen molar-refractivity contribution >= 4 is 5.78 Å². The summed E-state index contributed by atoms with van der Waals surface area (Å²) in [5, 5.41) is 55.8. The molecule has 0 heterocycles. The summed E-state index contributed by atoms with van der Waals surface area (Å²) in [6.07, 6.45) is 4.28. The van der Waals surface area contributed by atoms with Crippen LogP contribution in [0, 0.1) is 23.7 Å². The van der Waals surface area contributed by atoms with Crippen LogP contribution in [0.25, 0.3) is 0 Å². The minimum absolute atomic E-state index is 0.0167. The molecule has 45 heavy (non-hydrogen) atoms. The van der Waals surface area contributed by atoms with Gasteiger partial charge in [0.1, 0.15) is 5.78 Å². The lowest BCUT2D eigenvalue weighted by molar-refractivity contribution is -0.197. The Kier molecular flexibility index (Phi) is 8.32. The highest BCUT2D eigenvalue weighted by atomic mass is 16.5. The molecule has 3 aromatic carbocycles. The van der Waals surface area contributed by atoms with Crippen LogP contribution in [0.3, 0.4) is 0 Å². The van der Waals surface area contributed by atoms with Crippen molar-refractivity contribution < 1.29 is 35.1 Å². The van der Waals surface area contributed by atoms with E-state index >= 15 is 0 Å². The summed E-state index contributed by atoms with van der Waals surface area (Å²) in [5.74, 6) is 5.56. The van der Waals surface area contributed by atoms with E-state index in [9.17, 15) is 30.3 Å². The first-order valence-electron chi connectivity index (χ1n) is 16.0. The molecule has 5 N–H and O–H groups in total. The monoisotopic (exact) mass is 610 g/mol. The van der Waals surface area contributed by atoms with E-state index in [4.69, 9.17) is 4.74 Å². The fourth-order valence-corrected chi connectivity index (χ4v) is 8.70. The lowest BCUT2D eigenvalue weighted by Crippen LogP contribution is -2.67. The Labute approximate surface area is 264 Å². The number of ketones is 1. The number of hydrogen-bond acceptors (Lipinski definition) is 7. The second kappa shape index (κ2) is 12.1. The average molecular weight is 611 g/mol. The molecule has 2 saturated carbocycles. The third-order valence-electron chi connectivity index (χ3n) is 10.9. The summed E-state index contributed by atoms with van der Waals surface area (Å²) < 4.78 is 5.40. The van der Waals surface area contributed by atoms with E-state index in [1.54, 1.807) is 18.2 Å². The maximum Gasteiger partial charge on any atom is 0.160 e. The Hall–Kier alpha value is -3.99. The van der Waals surface area contributed by atoms with E-state index in [-0.39, 0.29) is 60.6 Å². The molecule has 0 aromatic heterocycles. The van der Waals surface area contributed by atoms with Crippen LogP contribution in [-0.2, 0) is 16.6 Å². The van der Waals surface area contributed by atoms with Gasteiger partial charge in [-0.25, -0.2) is 0 Å². The number of Topliss-reactive ketones (excluding diaryl/α,β-unsaturated/α-hetero) is 1. The van der Waals surface area contributed by atoms with Crippen LogP contribution in [0.2, 0.25) is 0 Å². The van der Waals surface area contributed by atoms with Gasteiger partial charge in [-0.05, 0) is 73.1 Å². The number of phenols is 3. The number of hydrogen-bond donors (Lipinski definition) is 5. The smallest absolute Gasteiger partial charge is 0.160 e. The van der Waals surface area contributed by atoms with Crippen LogP contribution >= 0.6 is 0 Å². The molecule has 0 aliphatic heterocycles.